The number of halogens is 1. The van der Waals surface area contributed by atoms with E-state index < -0.39 is 10.0 Å². The van der Waals surface area contributed by atoms with Crippen LogP contribution < -0.4 is 4.72 Å². The predicted molar refractivity (Wildman–Crippen MR) is 68.1 cm³/mol. The molecular formula is C9H14BrNO2S2. The van der Waals surface area contributed by atoms with Crippen molar-refractivity contribution in [2.24, 2.45) is 0 Å². The molecule has 1 atom stereocenters. The van der Waals surface area contributed by atoms with Crippen LogP contribution in [0.2, 0.25) is 0 Å². The Morgan fingerprint density at radius 3 is 2.67 bits per heavy atom. The molecule has 0 aromatic carbocycles. The minimum Gasteiger partial charge on any atom is -0.212 e. The molecule has 1 rings (SSSR count). The van der Waals surface area contributed by atoms with Crippen LogP contribution in [0.15, 0.2) is 12.1 Å². The van der Waals surface area contributed by atoms with E-state index in [0.29, 0.717) is 0 Å². The Balaban J connectivity index is 2.53. The molecule has 15 heavy (non-hydrogen) atoms. The van der Waals surface area contributed by atoms with Crippen LogP contribution in [0.3, 0.4) is 0 Å². The van der Waals surface area contributed by atoms with Crippen LogP contribution in [-0.2, 0) is 16.4 Å². The SMILES string of the molecule is Cc1ccc(CC(C)NS(=O)(=O)CBr)s1. The van der Waals surface area contributed by atoms with Crippen molar-refractivity contribution < 1.29 is 8.42 Å². The Hall–Kier alpha value is 0.0900. The van der Waals surface area contributed by atoms with Gasteiger partial charge in [-0.3, -0.25) is 0 Å². The van der Waals surface area contributed by atoms with Gasteiger partial charge in [-0.1, -0.05) is 15.9 Å². The fourth-order valence-corrected chi connectivity index (χ4v) is 3.45. The molecule has 1 heterocycles. The first-order valence-corrected chi connectivity index (χ1v) is 8.13. The Morgan fingerprint density at radius 1 is 1.53 bits per heavy atom. The van der Waals surface area contributed by atoms with Crippen LogP contribution in [0.25, 0.3) is 0 Å². The summed E-state index contributed by atoms with van der Waals surface area (Å²) >= 11 is 4.64. The van der Waals surface area contributed by atoms with Crippen LogP contribution >= 0.6 is 27.3 Å². The first-order chi connectivity index (χ1) is 6.93. The van der Waals surface area contributed by atoms with Gasteiger partial charge in [-0.05, 0) is 32.4 Å². The van der Waals surface area contributed by atoms with Crippen molar-refractivity contribution in [3.05, 3.63) is 21.9 Å². The highest BCUT2D eigenvalue weighted by Gasteiger charge is 2.13. The number of sulfonamides is 1. The van der Waals surface area contributed by atoms with Crippen LogP contribution in [0, 0.1) is 6.92 Å². The molecule has 1 N–H and O–H groups in total. The van der Waals surface area contributed by atoms with Gasteiger partial charge in [0, 0.05) is 15.8 Å². The Kier molecular flexibility index (Phi) is 4.76. The van der Waals surface area contributed by atoms with Gasteiger partial charge in [-0.15, -0.1) is 11.3 Å². The summed E-state index contributed by atoms with van der Waals surface area (Å²) in [5.41, 5.74) is 0. The molecule has 0 spiro atoms. The molecule has 0 amide bonds. The summed E-state index contributed by atoms with van der Waals surface area (Å²) in [6.07, 6.45) is 0.741. The predicted octanol–water partition coefficient (Wildman–Crippen LogP) is 2.26. The average Bonchev–Trinajstić information content (AvgIpc) is 2.50. The van der Waals surface area contributed by atoms with Crippen LogP contribution in [0.5, 0.6) is 0 Å². The molecule has 3 nitrogen and oxygen atoms in total. The van der Waals surface area contributed by atoms with Crippen molar-refractivity contribution in [2.75, 3.05) is 4.66 Å². The molecule has 0 radical (unpaired) electrons. The highest BCUT2D eigenvalue weighted by molar-refractivity contribution is 9.10. The number of thiophene rings is 1. The number of hydrogen-bond donors (Lipinski definition) is 1. The largest absolute Gasteiger partial charge is 0.221 e. The number of aryl methyl sites for hydroxylation is 1. The number of hydrogen-bond acceptors (Lipinski definition) is 3. The summed E-state index contributed by atoms with van der Waals surface area (Å²) in [6.45, 7) is 3.91. The zero-order valence-corrected chi connectivity index (χ0v) is 11.9. The molecule has 6 heteroatoms. The maximum atomic E-state index is 11.3. The van der Waals surface area contributed by atoms with Crippen LogP contribution in [0.4, 0.5) is 0 Å². The number of rotatable bonds is 5. The van der Waals surface area contributed by atoms with E-state index in [1.165, 1.54) is 9.75 Å². The highest BCUT2D eigenvalue weighted by atomic mass is 79.9. The van der Waals surface area contributed by atoms with Crippen molar-refractivity contribution in [1.82, 2.24) is 4.72 Å². The standard InChI is InChI=1S/C9H14BrNO2S2/c1-7(11-15(12,13)6-10)5-9-4-3-8(2)14-9/h3-4,7,11H,5-6H2,1-2H3. The van der Waals surface area contributed by atoms with Crippen LogP contribution in [0.1, 0.15) is 16.7 Å². The summed E-state index contributed by atoms with van der Waals surface area (Å²) in [5.74, 6) is 0. The maximum Gasteiger partial charge on any atom is 0.221 e. The molecule has 0 bridgehead atoms. The van der Waals surface area contributed by atoms with Gasteiger partial charge in [0.15, 0.2) is 0 Å². The highest BCUT2D eigenvalue weighted by Crippen LogP contribution is 2.16. The average molecular weight is 312 g/mol. The van der Waals surface area contributed by atoms with E-state index in [-0.39, 0.29) is 10.7 Å². The molecule has 1 aromatic rings. The first-order valence-electron chi connectivity index (χ1n) is 4.54. The minimum absolute atomic E-state index is 0.0478. The Labute approximate surface area is 103 Å². The molecule has 0 aliphatic heterocycles. The lowest BCUT2D eigenvalue weighted by atomic mass is 10.2. The second-order valence-electron chi connectivity index (χ2n) is 3.46. The fourth-order valence-electron chi connectivity index (χ4n) is 1.28. The van der Waals surface area contributed by atoms with Gasteiger partial charge in [0.1, 0.15) is 4.66 Å². The van der Waals surface area contributed by atoms with Gasteiger partial charge in [-0.2, -0.15) is 0 Å². The summed E-state index contributed by atoms with van der Waals surface area (Å²) in [7, 11) is -3.16. The van der Waals surface area contributed by atoms with Crippen molar-refractivity contribution in [2.45, 2.75) is 26.3 Å². The molecule has 0 fully saturated rings. The van der Waals surface area contributed by atoms with Crippen molar-refractivity contribution in [3.63, 3.8) is 0 Å². The summed E-state index contributed by atoms with van der Waals surface area (Å²) < 4.78 is 25.0. The quantitative estimate of drug-likeness (QED) is 0.848. The summed E-state index contributed by atoms with van der Waals surface area (Å²) in [4.78, 5) is 2.46. The van der Waals surface area contributed by atoms with Gasteiger partial charge < -0.3 is 0 Å². The zero-order valence-electron chi connectivity index (χ0n) is 8.66. The third kappa shape index (κ3) is 4.63. The Bertz CT molecular complexity index is 414. The third-order valence-corrected chi connectivity index (χ3v) is 5.71. The van der Waals surface area contributed by atoms with E-state index >= 15 is 0 Å². The topological polar surface area (TPSA) is 46.2 Å². The smallest absolute Gasteiger partial charge is 0.212 e. The van der Waals surface area contributed by atoms with Crippen molar-refractivity contribution in [3.8, 4) is 0 Å². The summed E-state index contributed by atoms with van der Waals surface area (Å²) in [5, 5.41) is 0. The minimum atomic E-state index is -3.16. The lowest BCUT2D eigenvalue weighted by molar-refractivity contribution is 0.566. The molecule has 0 aliphatic carbocycles. The van der Waals surface area contributed by atoms with E-state index in [1.54, 1.807) is 11.3 Å². The number of alkyl halides is 1. The maximum absolute atomic E-state index is 11.3. The van der Waals surface area contributed by atoms with E-state index in [0.717, 1.165) is 6.42 Å². The molecule has 0 saturated heterocycles. The molecule has 1 unspecified atom stereocenters. The summed E-state index contributed by atoms with van der Waals surface area (Å²) in [6, 6.07) is 4.02. The van der Waals surface area contributed by atoms with Gasteiger partial charge in [-0.25, -0.2) is 13.1 Å². The van der Waals surface area contributed by atoms with Gasteiger partial charge in [0.25, 0.3) is 0 Å². The van der Waals surface area contributed by atoms with Crippen molar-refractivity contribution >= 4 is 37.3 Å². The normalized spacial score (nSPS) is 14.1. The number of nitrogens with one attached hydrogen (secondary N) is 1. The van der Waals surface area contributed by atoms with E-state index in [1.807, 2.05) is 26.0 Å². The molecule has 86 valence electrons. The Morgan fingerprint density at radius 2 is 2.20 bits per heavy atom. The van der Waals surface area contributed by atoms with Crippen molar-refractivity contribution in [1.29, 1.82) is 0 Å². The second kappa shape index (κ2) is 5.43. The van der Waals surface area contributed by atoms with E-state index in [4.69, 9.17) is 0 Å². The first kappa shape index (κ1) is 13.2. The lowest BCUT2D eigenvalue weighted by Gasteiger charge is -2.11. The molecular weight excluding hydrogens is 298 g/mol. The van der Waals surface area contributed by atoms with E-state index in [2.05, 4.69) is 20.7 Å². The van der Waals surface area contributed by atoms with Gasteiger partial charge >= 0.3 is 0 Å². The van der Waals surface area contributed by atoms with Gasteiger partial charge in [0.05, 0.1) is 0 Å². The van der Waals surface area contributed by atoms with Gasteiger partial charge in [0.2, 0.25) is 10.0 Å². The molecule has 0 aliphatic rings. The van der Waals surface area contributed by atoms with Crippen LogP contribution in [-0.4, -0.2) is 19.1 Å². The zero-order chi connectivity index (χ0) is 11.5. The molecule has 0 saturated carbocycles. The molecule has 1 aromatic heterocycles. The monoisotopic (exact) mass is 311 g/mol. The second-order valence-corrected chi connectivity index (χ2v) is 7.89. The fraction of sp³-hybridized carbons (Fsp3) is 0.556. The lowest BCUT2D eigenvalue weighted by Crippen LogP contribution is -2.34. The van der Waals surface area contributed by atoms with E-state index in [9.17, 15) is 8.42 Å². The third-order valence-electron chi connectivity index (χ3n) is 1.83.